The van der Waals surface area contributed by atoms with Crippen molar-refractivity contribution in [2.24, 2.45) is 0 Å². The average molecular weight is 299 g/mol. The second-order valence-corrected chi connectivity index (χ2v) is 5.86. The molecule has 1 unspecified atom stereocenters. The third kappa shape index (κ3) is 3.16. The summed E-state index contributed by atoms with van der Waals surface area (Å²) in [6, 6.07) is 1.54. The Balaban J connectivity index is 2.08. The van der Waals surface area contributed by atoms with E-state index in [2.05, 4.69) is 10.3 Å². The Bertz CT molecular complexity index is 591. The lowest BCUT2D eigenvalue weighted by Crippen LogP contribution is -2.26. The molecule has 2 aromatic rings. The van der Waals surface area contributed by atoms with Crippen molar-refractivity contribution in [3.8, 4) is 0 Å². The summed E-state index contributed by atoms with van der Waals surface area (Å²) in [5.74, 6) is 1.05. The van der Waals surface area contributed by atoms with Crippen molar-refractivity contribution in [2.45, 2.75) is 32.7 Å². The van der Waals surface area contributed by atoms with Crippen LogP contribution in [0.5, 0.6) is 0 Å². The van der Waals surface area contributed by atoms with Gasteiger partial charge in [-0.05, 0) is 26.8 Å². The van der Waals surface area contributed by atoms with Gasteiger partial charge in [0.15, 0.2) is 5.76 Å². The molecule has 2 aromatic heterocycles. The van der Waals surface area contributed by atoms with Gasteiger partial charge in [0.1, 0.15) is 10.8 Å². The van der Waals surface area contributed by atoms with Crippen LogP contribution in [0.15, 0.2) is 16.7 Å². The van der Waals surface area contributed by atoms with Gasteiger partial charge in [-0.2, -0.15) is 0 Å². The monoisotopic (exact) mass is 298 g/mol. The van der Waals surface area contributed by atoms with Gasteiger partial charge in [0, 0.05) is 16.6 Å². The van der Waals surface area contributed by atoms with Crippen LogP contribution in [0.2, 0.25) is 0 Å². The fourth-order valence-electron chi connectivity index (χ4n) is 1.67. The summed E-state index contributed by atoms with van der Waals surface area (Å²) < 4.78 is 5.40. The molecule has 0 bridgehead atoms. The van der Waals surface area contributed by atoms with Crippen LogP contribution < -0.4 is 5.32 Å². The van der Waals surface area contributed by atoms with Crippen LogP contribution in [0.1, 0.15) is 44.7 Å². The highest BCUT2D eigenvalue weighted by Crippen LogP contribution is 2.21. The molecule has 6 heteroatoms. The van der Waals surface area contributed by atoms with E-state index in [0.717, 1.165) is 15.4 Å². The lowest BCUT2D eigenvalue weighted by atomic mass is 10.2. The maximum absolute atomic E-state index is 12.0. The number of carbonyl (C=O) groups is 1. The van der Waals surface area contributed by atoms with Crippen molar-refractivity contribution >= 4 is 28.8 Å². The molecule has 2 rings (SSSR count). The van der Waals surface area contributed by atoms with Gasteiger partial charge >= 0.3 is 0 Å². The maximum atomic E-state index is 12.0. The number of aromatic nitrogens is 1. The normalized spacial score (nSPS) is 12.4. The highest BCUT2D eigenvalue weighted by atomic mass is 35.5. The molecule has 0 aliphatic carbocycles. The maximum Gasteiger partial charge on any atom is 0.287 e. The van der Waals surface area contributed by atoms with Crippen LogP contribution in [0.25, 0.3) is 0 Å². The van der Waals surface area contributed by atoms with Crippen LogP contribution in [0.4, 0.5) is 0 Å². The topological polar surface area (TPSA) is 55.1 Å². The Labute approximate surface area is 120 Å². The zero-order valence-electron chi connectivity index (χ0n) is 11.0. The molecule has 102 valence electrons. The number of thiazole rings is 1. The quantitative estimate of drug-likeness (QED) is 0.878. The van der Waals surface area contributed by atoms with E-state index >= 15 is 0 Å². The number of alkyl halides is 1. The minimum atomic E-state index is -0.250. The van der Waals surface area contributed by atoms with Crippen molar-refractivity contribution in [1.29, 1.82) is 0 Å². The molecule has 1 atom stereocenters. The van der Waals surface area contributed by atoms with E-state index in [-0.39, 0.29) is 17.7 Å². The van der Waals surface area contributed by atoms with E-state index in [1.54, 1.807) is 30.5 Å². The van der Waals surface area contributed by atoms with Crippen LogP contribution >= 0.6 is 22.9 Å². The molecule has 2 heterocycles. The summed E-state index contributed by atoms with van der Waals surface area (Å²) in [7, 11) is 0. The molecule has 0 spiro atoms. The van der Waals surface area contributed by atoms with Crippen LogP contribution in [0, 0.1) is 13.8 Å². The van der Waals surface area contributed by atoms with Gasteiger partial charge in [-0.15, -0.1) is 22.9 Å². The standard InChI is InChI=1S/C13H15ClN2O2S/c1-7-6-15-13(19-7)8(2)16-12(17)11-4-10(5-14)9(3)18-11/h4,6,8H,5H2,1-3H3,(H,16,17). The van der Waals surface area contributed by atoms with Crippen molar-refractivity contribution < 1.29 is 9.21 Å². The van der Waals surface area contributed by atoms with Gasteiger partial charge in [-0.1, -0.05) is 0 Å². The molecule has 0 saturated carbocycles. The number of aryl methyl sites for hydroxylation is 2. The van der Waals surface area contributed by atoms with Gasteiger partial charge in [-0.3, -0.25) is 4.79 Å². The molecule has 1 N–H and O–H groups in total. The smallest absolute Gasteiger partial charge is 0.287 e. The van der Waals surface area contributed by atoms with Gasteiger partial charge in [-0.25, -0.2) is 4.98 Å². The van der Waals surface area contributed by atoms with Gasteiger partial charge < -0.3 is 9.73 Å². The third-order valence-electron chi connectivity index (χ3n) is 2.75. The van der Waals surface area contributed by atoms with Crippen LogP contribution in [0.3, 0.4) is 0 Å². The zero-order chi connectivity index (χ0) is 14.0. The molecule has 0 aromatic carbocycles. The molecule has 0 aliphatic rings. The van der Waals surface area contributed by atoms with Crippen molar-refractivity contribution in [3.63, 3.8) is 0 Å². The summed E-state index contributed by atoms with van der Waals surface area (Å²) in [5, 5.41) is 3.74. The lowest BCUT2D eigenvalue weighted by molar-refractivity contribution is 0.0910. The predicted molar refractivity (Wildman–Crippen MR) is 75.7 cm³/mol. The van der Waals surface area contributed by atoms with Crippen LogP contribution in [-0.4, -0.2) is 10.9 Å². The Kier molecular flexibility index (Phi) is 4.27. The third-order valence-corrected chi connectivity index (χ3v) is 4.13. The number of furan rings is 1. The summed E-state index contributed by atoms with van der Waals surface area (Å²) in [6.45, 7) is 5.68. The average Bonchev–Trinajstić information content (AvgIpc) is 2.95. The van der Waals surface area contributed by atoms with Crippen LogP contribution in [-0.2, 0) is 5.88 Å². The van der Waals surface area contributed by atoms with E-state index in [9.17, 15) is 4.79 Å². The first-order valence-corrected chi connectivity index (χ1v) is 7.24. The lowest BCUT2D eigenvalue weighted by Gasteiger charge is -2.09. The molecular weight excluding hydrogens is 284 g/mol. The van der Waals surface area contributed by atoms with Gasteiger partial charge in [0.05, 0.1) is 11.9 Å². The predicted octanol–water partition coefficient (Wildman–Crippen LogP) is 3.58. The van der Waals surface area contributed by atoms with Gasteiger partial charge in [0.25, 0.3) is 5.91 Å². The van der Waals surface area contributed by atoms with Crippen molar-refractivity contribution in [1.82, 2.24) is 10.3 Å². The second kappa shape index (κ2) is 5.75. The van der Waals surface area contributed by atoms with E-state index < -0.39 is 0 Å². The first-order valence-electron chi connectivity index (χ1n) is 5.89. The first-order chi connectivity index (χ1) is 9.01. The largest absolute Gasteiger partial charge is 0.456 e. The Morgan fingerprint density at radius 1 is 1.58 bits per heavy atom. The number of hydrogen-bond acceptors (Lipinski definition) is 4. The highest BCUT2D eigenvalue weighted by molar-refractivity contribution is 7.11. The molecule has 19 heavy (non-hydrogen) atoms. The Morgan fingerprint density at radius 2 is 2.32 bits per heavy atom. The van der Waals surface area contributed by atoms with Gasteiger partial charge in [0.2, 0.25) is 0 Å². The van der Waals surface area contributed by atoms with Crippen molar-refractivity contribution in [3.05, 3.63) is 39.2 Å². The number of amides is 1. The minimum Gasteiger partial charge on any atom is -0.456 e. The first kappa shape index (κ1) is 14.1. The van der Waals surface area contributed by atoms with E-state index in [0.29, 0.717) is 11.6 Å². The summed E-state index contributed by atoms with van der Waals surface area (Å²) in [5.41, 5.74) is 0.838. The Hall–Kier alpha value is -1.33. The molecule has 0 radical (unpaired) electrons. The zero-order valence-corrected chi connectivity index (χ0v) is 12.6. The molecular formula is C13H15ClN2O2S. The molecule has 0 fully saturated rings. The summed E-state index contributed by atoms with van der Waals surface area (Å²) in [6.07, 6.45) is 1.80. The fourth-order valence-corrected chi connectivity index (χ4v) is 2.71. The highest BCUT2D eigenvalue weighted by Gasteiger charge is 2.18. The number of rotatable bonds is 4. The number of halogens is 1. The van der Waals surface area contributed by atoms with E-state index in [4.69, 9.17) is 16.0 Å². The SMILES string of the molecule is Cc1cnc(C(C)NC(=O)c2cc(CCl)c(C)o2)s1. The Morgan fingerprint density at radius 3 is 2.84 bits per heavy atom. The molecule has 0 saturated heterocycles. The summed E-state index contributed by atoms with van der Waals surface area (Å²) in [4.78, 5) is 17.4. The summed E-state index contributed by atoms with van der Waals surface area (Å²) >= 11 is 7.32. The molecule has 1 amide bonds. The molecule has 0 aliphatic heterocycles. The number of hydrogen-bond donors (Lipinski definition) is 1. The second-order valence-electron chi connectivity index (χ2n) is 4.33. The number of nitrogens with one attached hydrogen (secondary N) is 1. The van der Waals surface area contributed by atoms with Crippen molar-refractivity contribution in [2.75, 3.05) is 0 Å². The number of nitrogens with zero attached hydrogens (tertiary/aromatic N) is 1. The van der Waals surface area contributed by atoms with E-state index in [1.807, 2.05) is 13.8 Å². The minimum absolute atomic E-state index is 0.143. The number of carbonyl (C=O) groups excluding carboxylic acids is 1. The van der Waals surface area contributed by atoms with E-state index in [1.165, 1.54) is 0 Å². The molecule has 4 nitrogen and oxygen atoms in total. The fraction of sp³-hybridized carbons (Fsp3) is 0.385.